The molecule has 0 heterocycles. The van der Waals surface area contributed by atoms with Crippen LogP contribution in [0.4, 0.5) is 0 Å². The van der Waals surface area contributed by atoms with E-state index in [1.807, 2.05) is 30.3 Å². The number of aliphatic hydroxyl groups excluding tert-OH is 2. The second kappa shape index (κ2) is 7.99. The quantitative estimate of drug-likeness (QED) is 0.755. The van der Waals surface area contributed by atoms with E-state index in [4.69, 9.17) is 17.3 Å². The third kappa shape index (κ3) is 4.10. The molecular formula is C17H19BO4. The van der Waals surface area contributed by atoms with E-state index in [1.165, 1.54) is 7.11 Å². The van der Waals surface area contributed by atoms with Crippen LogP contribution in [0.25, 0.3) is 0 Å². The van der Waals surface area contributed by atoms with Crippen LogP contribution in [0, 0.1) is 0 Å². The fourth-order valence-corrected chi connectivity index (χ4v) is 2.32. The van der Waals surface area contributed by atoms with E-state index in [2.05, 4.69) is 0 Å². The van der Waals surface area contributed by atoms with E-state index < -0.39 is 6.10 Å². The first-order chi connectivity index (χ1) is 10.7. The smallest absolute Gasteiger partial charge is 0.129 e. The number of methoxy groups -OCH3 is 1. The molecule has 114 valence electrons. The minimum atomic E-state index is -0.689. The van der Waals surface area contributed by atoms with Gasteiger partial charge in [-0.2, -0.15) is 0 Å². The molecular weight excluding hydrogens is 279 g/mol. The summed E-state index contributed by atoms with van der Waals surface area (Å²) in [5.41, 5.74) is 2.70. The van der Waals surface area contributed by atoms with Crippen LogP contribution >= 0.6 is 0 Å². The minimum absolute atomic E-state index is 0.159. The fraction of sp³-hybridized carbons (Fsp3) is 0.294. The van der Waals surface area contributed by atoms with Crippen LogP contribution in [0.5, 0.6) is 5.75 Å². The van der Waals surface area contributed by atoms with Crippen LogP contribution < -0.4 is 10.2 Å². The van der Waals surface area contributed by atoms with E-state index in [1.54, 1.807) is 12.1 Å². The van der Waals surface area contributed by atoms with Crippen molar-refractivity contribution in [2.24, 2.45) is 0 Å². The maximum atomic E-state index is 10.1. The third-order valence-corrected chi connectivity index (χ3v) is 3.36. The molecule has 0 aliphatic carbocycles. The van der Waals surface area contributed by atoms with Crippen molar-refractivity contribution in [3.05, 3.63) is 59.2 Å². The highest BCUT2D eigenvalue weighted by Gasteiger charge is 2.12. The summed E-state index contributed by atoms with van der Waals surface area (Å²) in [6.45, 7) is 0.245. The molecule has 0 fully saturated rings. The number of hydrogen-bond acceptors (Lipinski definition) is 4. The summed E-state index contributed by atoms with van der Waals surface area (Å²) < 4.78 is 10.9. The van der Waals surface area contributed by atoms with Gasteiger partial charge in [-0.05, 0) is 5.56 Å². The second-order valence-corrected chi connectivity index (χ2v) is 4.97. The normalized spacial score (nSPS) is 12.1. The maximum Gasteiger partial charge on any atom is 0.129 e. The maximum absolute atomic E-state index is 10.1. The zero-order valence-electron chi connectivity index (χ0n) is 12.5. The molecule has 2 rings (SSSR count). The lowest BCUT2D eigenvalue weighted by Crippen LogP contribution is -2.12. The Labute approximate surface area is 131 Å². The molecule has 0 aromatic heterocycles. The molecule has 2 aromatic carbocycles. The molecule has 0 spiro atoms. The lowest BCUT2D eigenvalue weighted by atomic mass is 9.91. The van der Waals surface area contributed by atoms with Crippen LogP contribution in [0.2, 0.25) is 0 Å². The SMILES string of the molecule is [B]c1cc(CO)c(OC)c(COC[C@@H](O)c2ccccc2)c1. The highest BCUT2D eigenvalue weighted by molar-refractivity contribution is 6.32. The lowest BCUT2D eigenvalue weighted by molar-refractivity contribution is 0.0270. The van der Waals surface area contributed by atoms with E-state index in [-0.39, 0.29) is 19.8 Å². The van der Waals surface area contributed by atoms with Gasteiger partial charge in [-0.25, -0.2) is 0 Å². The molecule has 0 aliphatic heterocycles. The third-order valence-electron chi connectivity index (χ3n) is 3.36. The summed E-state index contributed by atoms with van der Waals surface area (Å²) in [4.78, 5) is 0. The Hall–Kier alpha value is -1.82. The van der Waals surface area contributed by atoms with Gasteiger partial charge in [0.25, 0.3) is 0 Å². The van der Waals surface area contributed by atoms with E-state index in [0.29, 0.717) is 16.8 Å². The molecule has 0 unspecified atom stereocenters. The number of hydrogen-bond donors (Lipinski definition) is 2. The van der Waals surface area contributed by atoms with Crippen molar-refractivity contribution < 1.29 is 19.7 Å². The molecule has 4 nitrogen and oxygen atoms in total. The van der Waals surface area contributed by atoms with Gasteiger partial charge in [0.2, 0.25) is 0 Å². The van der Waals surface area contributed by atoms with Gasteiger partial charge in [-0.3, -0.25) is 0 Å². The Morgan fingerprint density at radius 3 is 2.45 bits per heavy atom. The highest BCUT2D eigenvalue weighted by atomic mass is 16.5. The summed E-state index contributed by atoms with van der Waals surface area (Å²) in [6, 6.07) is 12.7. The minimum Gasteiger partial charge on any atom is -0.496 e. The van der Waals surface area contributed by atoms with Gasteiger partial charge in [0.05, 0.1) is 26.9 Å². The van der Waals surface area contributed by atoms with E-state index in [9.17, 15) is 10.2 Å². The predicted molar refractivity (Wildman–Crippen MR) is 85.4 cm³/mol. The zero-order chi connectivity index (χ0) is 15.9. The summed E-state index contributed by atoms with van der Waals surface area (Å²) >= 11 is 0. The topological polar surface area (TPSA) is 58.9 Å². The zero-order valence-corrected chi connectivity index (χ0v) is 12.5. The summed E-state index contributed by atoms with van der Waals surface area (Å²) in [5, 5.41) is 19.4. The monoisotopic (exact) mass is 298 g/mol. The fourth-order valence-electron chi connectivity index (χ4n) is 2.32. The van der Waals surface area contributed by atoms with Crippen molar-refractivity contribution >= 4 is 13.3 Å². The lowest BCUT2D eigenvalue weighted by Gasteiger charge is -2.16. The van der Waals surface area contributed by atoms with Crippen LogP contribution in [-0.2, 0) is 18.0 Å². The standard InChI is InChI=1S/C17H19BO4/c1-21-17-13(9-19)7-15(18)8-14(17)10-22-11-16(20)12-5-3-2-4-6-12/h2-8,16,19-20H,9-11H2,1H3/t16-/m1/s1. The number of rotatable bonds is 7. The molecule has 0 bridgehead atoms. The second-order valence-electron chi connectivity index (χ2n) is 4.97. The first kappa shape index (κ1) is 16.6. The largest absolute Gasteiger partial charge is 0.496 e. The van der Waals surface area contributed by atoms with Crippen LogP contribution in [0.3, 0.4) is 0 Å². The molecule has 0 saturated heterocycles. The molecule has 0 saturated carbocycles. The molecule has 2 radical (unpaired) electrons. The molecule has 2 aromatic rings. The van der Waals surface area contributed by atoms with Crippen molar-refractivity contribution in [1.29, 1.82) is 0 Å². The van der Waals surface area contributed by atoms with Crippen molar-refractivity contribution in [3.63, 3.8) is 0 Å². The molecule has 0 aliphatic rings. The van der Waals surface area contributed by atoms with Crippen LogP contribution in [0.15, 0.2) is 42.5 Å². The van der Waals surface area contributed by atoms with Gasteiger partial charge in [-0.15, -0.1) is 0 Å². The summed E-state index contributed by atoms with van der Waals surface area (Å²) in [6.07, 6.45) is -0.689. The average molecular weight is 298 g/mol. The van der Waals surface area contributed by atoms with Crippen molar-refractivity contribution in [2.45, 2.75) is 19.3 Å². The summed E-state index contributed by atoms with van der Waals surface area (Å²) in [7, 11) is 7.34. The highest BCUT2D eigenvalue weighted by Crippen LogP contribution is 2.24. The number of ether oxygens (including phenoxy) is 2. The van der Waals surface area contributed by atoms with Gasteiger partial charge in [0.1, 0.15) is 19.7 Å². The van der Waals surface area contributed by atoms with Gasteiger partial charge in [0, 0.05) is 11.1 Å². The van der Waals surface area contributed by atoms with Crippen LogP contribution in [-0.4, -0.2) is 31.8 Å². The first-order valence-corrected chi connectivity index (χ1v) is 7.02. The molecule has 2 N–H and O–H groups in total. The van der Waals surface area contributed by atoms with Crippen molar-refractivity contribution in [1.82, 2.24) is 0 Å². The van der Waals surface area contributed by atoms with Crippen molar-refractivity contribution in [3.8, 4) is 5.75 Å². The number of benzene rings is 2. The first-order valence-electron chi connectivity index (χ1n) is 7.02. The van der Waals surface area contributed by atoms with Crippen LogP contribution in [0.1, 0.15) is 22.8 Å². The van der Waals surface area contributed by atoms with E-state index in [0.717, 1.165) is 11.1 Å². The molecule has 1 atom stereocenters. The summed E-state index contributed by atoms with van der Waals surface area (Å²) in [5.74, 6) is 0.561. The molecule has 5 heteroatoms. The predicted octanol–water partition coefficient (Wildman–Crippen LogP) is 1.23. The average Bonchev–Trinajstić information content (AvgIpc) is 2.55. The Morgan fingerprint density at radius 2 is 1.82 bits per heavy atom. The van der Waals surface area contributed by atoms with Gasteiger partial charge in [0.15, 0.2) is 0 Å². The molecule has 0 amide bonds. The molecule has 22 heavy (non-hydrogen) atoms. The Kier molecular flexibility index (Phi) is 6.01. The van der Waals surface area contributed by atoms with Gasteiger partial charge < -0.3 is 19.7 Å². The van der Waals surface area contributed by atoms with Gasteiger partial charge >= 0.3 is 0 Å². The van der Waals surface area contributed by atoms with Crippen molar-refractivity contribution in [2.75, 3.05) is 13.7 Å². The number of aliphatic hydroxyl groups is 2. The Bertz CT molecular complexity index is 601. The Morgan fingerprint density at radius 1 is 1.14 bits per heavy atom. The Balaban J connectivity index is 2.01. The van der Waals surface area contributed by atoms with Gasteiger partial charge in [-0.1, -0.05) is 47.9 Å². The van der Waals surface area contributed by atoms with E-state index >= 15 is 0 Å².